The number of benzene rings is 2. The van der Waals surface area contributed by atoms with Gasteiger partial charge in [0.15, 0.2) is 0 Å². The summed E-state index contributed by atoms with van der Waals surface area (Å²) in [6, 6.07) is 12.9. The minimum atomic E-state index is -1.33. The lowest BCUT2D eigenvalue weighted by atomic mass is 10.2. The van der Waals surface area contributed by atoms with Gasteiger partial charge in [0.05, 0.1) is 10.9 Å². The first kappa shape index (κ1) is 21.0. The van der Waals surface area contributed by atoms with Gasteiger partial charge in [-0.2, -0.15) is 0 Å². The Labute approximate surface area is 181 Å². The topological polar surface area (TPSA) is 89.5 Å². The van der Waals surface area contributed by atoms with Crippen LogP contribution in [0.15, 0.2) is 53.4 Å². The van der Waals surface area contributed by atoms with Gasteiger partial charge >= 0.3 is 0 Å². The number of carboxylic acid groups (broad SMARTS) is 1. The van der Waals surface area contributed by atoms with E-state index in [1.807, 2.05) is 6.07 Å². The molecule has 1 fully saturated rings. The highest BCUT2D eigenvalue weighted by Gasteiger charge is 2.32. The molecule has 2 aromatic carbocycles. The molecule has 0 aliphatic carbocycles. The molecule has 0 unspecified atom stereocenters. The van der Waals surface area contributed by atoms with Crippen LogP contribution in [0.2, 0.25) is 5.02 Å². The minimum absolute atomic E-state index is 0.00135. The molecule has 0 spiro atoms. The van der Waals surface area contributed by atoms with Gasteiger partial charge < -0.3 is 15.2 Å². The van der Waals surface area contributed by atoms with E-state index in [4.69, 9.17) is 23.8 Å². The molecule has 1 aliphatic rings. The van der Waals surface area contributed by atoms with Gasteiger partial charge in [-0.05, 0) is 35.4 Å². The quantitative estimate of drug-likeness (QED) is 0.543. The molecular weight excluding hydrogens is 432 g/mol. The van der Waals surface area contributed by atoms with Crippen molar-refractivity contribution in [2.75, 3.05) is 11.9 Å². The van der Waals surface area contributed by atoms with Gasteiger partial charge in [-0.15, -0.1) is 0 Å². The van der Waals surface area contributed by atoms with E-state index >= 15 is 0 Å². The number of carboxylic acids is 1. The van der Waals surface area contributed by atoms with Crippen molar-refractivity contribution >= 4 is 69.4 Å². The van der Waals surface area contributed by atoms with E-state index in [9.17, 15) is 19.5 Å². The zero-order valence-corrected chi connectivity index (χ0v) is 17.3. The first-order chi connectivity index (χ1) is 13.8. The lowest BCUT2D eigenvalue weighted by Crippen LogP contribution is -2.31. The van der Waals surface area contributed by atoms with Crippen LogP contribution in [0.25, 0.3) is 6.08 Å². The molecule has 3 rings (SSSR count). The third-order valence-corrected chi connectivity index (χ3v) is 5.73. The van der Waals surface area contributed by atoms with Crippen molar-refractivity contribution in [2.24, 2.45) is 0 Å². The van der Waals surface area contributed by atoms with Crippen LogP contribution in [0.5, 0.6) is 0 Å². The third-order valence-electron chi connectivity index (χ3n) is 4.01. The predicted octanol–water partition coefficient (Wildman–Crippen LogP) is 2.93. The maximum absolute atomic E-state index is 12.6. The number of thiocarbonyl (C=S) groups is 1. The van der Waals surface area contributed by atoms with Gasteiger partial charge in [-0.1, -0.05) is 65.9 Å². The fraction of sp³-hybridized carbons (Fsp3) is 0.100. The molecule has 0 atom stereocenters. The van der Waals surface area contributed by atoms with E-state index < -0.39 is 5.97 Å². The van der Waals surface area contributed by atoms with Gasteiger partial charge in [-0.25, -0.2) is 0 Å². The molecular formula is C20H14ClN2O4S2-. The largest absolute Gasteiger partial charge is 0.545 e. The highest BCUT2D eigenvalue weighted by molar-refractivity contribution is 8.26. The first-order valence-corrected chi connectivity index (χ1v) is 10.1. The van der Waals surface area contributed by atoms with Crippen LogP contribution in [0.4, 0.5) is 5.69 Å². The van der Waals surface area contributed by atoms with Crippen LogP contribution in [-0.4, -0.2) is 33.5 Å². The van der Waals surface area contributed by atoms with Crippen molar-refractivity contribution in [1.82, 2.24) is 4.90 Å². The summed E-state index contributed by atoms with van der Waals surface area (Å²) >= 11 is 12.5. The average Bonchev–Trinajstić information content (AvgIpc) is 2.95. The Kier molecular flexibility index (Phi) is 6.68. The van der Waals surface area contributed by atoms with Gasteiger partial charge in [0.1, 0.15) is 4.32 Å². The zero-order chi connectivity index (χ0) is 21.0. The van der Waals surface area contributed by atoms with Crippen LogP contribution in [0, 0.1) is 0 Å². The van der Waals surface area contributed by atoms with Crippen molar-refractivity contribution in [3.05, 3.63) is 69.6 Å². The number of carbonyl (C=O) groups is 3. The van der Waals surface area contributed by atoms with E-state index in [2.05, 4.69) is 5.32 Å². The SMILES string of the molecule is O=C(CCN1C(=O)/C(=C/c2ccccc2Cl)SC1=S)Nc1cccc(C(=O)[O-])c1. The lowest BCUT2D eigenvalue weighted by molar-refractivity contribution is -0.255. The molecule has 0 radical (unpaired) electrons. The highest BCUT2D eigenvalue weighted by Crippen LogP contribution is 2.33. The highest BCUT2D eigenvalue weighted by atomic mass is 35.5. The zero-order valence-electron chi connectivity index (χ0n) is 14.9. The van der Waals surface area contributed by atoms with E-state index in [1.54, 1.807) is 30.3 Å². The Morgan fingerprint density at radius 2 is 1.97 bits per heavy atom. The molecule has 1 heterocycles. The minimum Gasteiger partial charge on any atom is -0.545 e. The van der Waals surface area contributed by atoms with Crippen LogP contribution < -0.4 is 10.4 Å². The number of amides is 2. The van der Waals surface area contributed by atoms with Gasteiger partial charge in [0.2, 0.25) is 5.91 Å². The summed E-state index contributed by atoms with van der Waals surface area (Å²) in [6.45, 7) is 0.108. The number of rotatable bonds is 6. The normalized spacial score (nSPS) is 15.1. The van der Waals surface area contributed by atoms with Gasteiger partial charge in [0.25, 0.3) is 5.91 Å². The second-order valence-electron chi connectivity index (χ2n) is 6.02. The smallest absolute Gasteiger partial charge is 0.266 e. The molecule has 9 heteroatoms. The molecule has 2 amide bonds. The second-order valence-corrected chi connectivity index (χ2v) is 8.10. The van der Waals surface area contributed by atoms with E-state index in [0.29, 0.717) is 25.5 Å². The number of nitrogens with zero attached hydrogens (tertiary/aromatic N) is 1. The monoisotopic (exact) mass is 445 g/mol. The number of hydrogen-bond donors (Lipinski definition) is 1. The molecule has 1 N–H and O–H groups in total. The number of halogens is 1. The summed E-state index contributed by atoms with van der Waals surface area (Å²) in [5, 5.41) is 14.0. The molecule has 148 valence electrons. The number of anilines is 1. The van der Waals surface area contributed by atoms with Crippen molar-refractivity contribution in [1.29, 1.82) is 0 Å². The Morgan fingerprint density at radius 1 is 1.21 bits per heavy atom. The third kappa shape index (κ3) is 5.23. The number of thioether (sulfide) groups is 1. The van der Waals surface area contributed by atoms with Gasteiger partial charge in [-0.3, -0.25) is 14.5 Å². The van der Waals surface area contributed by atoms with E-state index in [0.717, 1.165) is 11.8 Å². The molecule has 0 saturated carbocycles. The maximum Gasteiger partial charge on any atom is 0.266 e. The summed E-state index contributed by atoms with van der Waals surface area (Å²) < 4.78 is 0.361. The fourth-order valence-electron chi connectivity index (χ4n) is 2.59. The summed E-state index contributed by atoms with van der Waals surface area (Å²) in [7, 11) is 0. The standard InChI is InChI=1S/C20H15ClN2O4S2/c21-15-7-2-1-4-12(15)11-16-18(25)23(20(28)29-16)9-8-17(24)22-14-6-3-5-13(10-14)19(26)27/h1-7,10-11H,8-9H2,(H,22,24)(H,26,27)/p-1/b16-11-. The summed E-state index contributed by atoms with van der Waals surface area (Å²) in [5.74, 6) is -1.99. The van der Waals surface area contributed by atoms with Crippen LogP contribution >= 0.6 is 35.6 Å². The Bertz CT molecular complexity index is 1040. The van der Waals surface area contributed by atoms with Crippen molar-refractivity contribution < 1.29 is 19.5 Å². The van der Waals surface area contributed by atoms with Crippen LogP contribution in [-0.2, 0) is 9.59 Å². The van der Waals surface area contributed by atoms with Crippen LogP contribution in [0.1, 0.15) is 22.3 Å². The molecule has 2 aromatic rings. The lowest BCUT2D eigenvalue weighted by Gasteiger charge is -2.14. The fourth-order valence-corrected chi connectivity index (χ4v) is 4.08. The molecule has 6 nitrogen and oxygen atoms in total. The molecule has 0 bridgehead atoms. The van der Waals surface area contributed by atoms with Crippen molar-refractivity contribution in [3.63, 3.8) is 0 Å². The number of aromatic carboxylic acids is 1. The number of nitrogens with one attached hydrogen (secondary N) is 1. The van der Waals surface area contributed by atoms with Crippen molar-refractivity contribution in [2.45, 2.75) is 6.42 Å². The van der Waals surface area contributed by atoms with Crippen LogP contribution in [0.3, 0.4) is 0 Å². The van der Waals surface area contributed by atoms with E-state index in [1.165, 1.54) is 23.1 Å². The number of hydrogen-bond acceptors (Lipinski definition) is 6. The molecule has 0 aromatic heterocycles. The number of carbonyl (C=O) groups excluding carboxylic acids is 3. The molecule has 1 aliphatic heterocycles. The summed E-state index contributed by atoms with van der Waals surface area (Å²) in [6.07, 6.45) is 1.68. The van der Waals surface area contributed by atoms with Gasteiger partial charge in [0, 0.05) is 23.7 Å². The Hall–Kier alpha value is -2.68. The summed E-state index contributed by atoms with van der Waals surface area (Å²) in [4.78, 5) is 37.5. The Balaban J connectivity index is 1.62. The Morgan fingerprint density at radius 3 is 2.69 bits per heavy atom. The maximum atomic E-state index is 12.6. The molecule has 1 saturated heterocycles. The second kappa shape index (κ2) is 9.21. The first-order valence-electron chi connectivity index (χ1n) is 8.46. The molecule has 29 heavy (non-hydrogen) atoms. The summed E-state index contributed by atoms with van der Waals surface area (Å²) in [5.41, 5.74) is 1.00. The predicted molar refractivity (Wildman–Crippen MR) is 115 cm³/mol. The van der Waals surface area contributed by atoms with E-state index in [-0.39, 0.29) is 30.3 Å². The van der Waals surface area contributed by atoms with Crippen molar-refractivity contribution in [3.8, 4) is 0 Å². The average molecular weight is 446 g/mol.